The number of piperidine rings is 1. The zero-order valence-electron chi connectivity index (χ0n) is 13.1. The molecule has 0 aromatic carbocycles. The highest BCUT2D eigenvalue weighted by molar-refractivity contribution is 5.60. The zero-order chi connectivity index (χ0) is 14.9. The first-order valence-electron chi connectivity index (χ1n) is 8.58. The molecule has 1 aromatic rings. The molecule has 0 radical (unpaired) electrons. The normalized spacial score (nSPS) is 28.2. The molecule has 0 aliphatic carbocycles. The summed E-state index contributed by atoms with van der Waals surface area (Å²) >= 11 is 0. The van der Waals surface area contributed by atoms with Crippen molar-refractivity contribution in [3.8, 4) is 0 Å². The van der Waals surface area contributed by atoms with Crippen molar-refractivity contribution in [2.75, 3.05) is 36.0 Å². The molecular formula is C17H25N3O2. The van der Waals surface area contributed by atoms with Crippen LogP contribution < -0.4 is 9.80 Å². The van der Waals surface area contributed by atoms with Gasteiger partial charge in [0.25, 0.3) is 0 Å². The number of morpholine rings is 1. The third kappa shape index (κ3) is 2.68. The smallest absolute Gasteiger partial charge is 0.130 e. The predicted molar refractivity (Wildman–Crippen MR) is 86.3 cm³/mol. The molecule has 2 bridgehead atoms. The average Bonchev–Trinajstić information content (AvgIpc) is 2.93. The number of nitrogens with zero attached hydrogens (tertiary/aromatic N) is 3. The highest BCUT2D eigenvalue weighted by Crippen LogP contribution is 2.32. The fourth-order valence-electron chi connectivity index (χ4n) is 3.99. The lowest BCUT2D eigenvalue weighted by Crippen LogP contribution is -2.43. The molecule has 1 N–H and O–H groups in total. The Morgan fingerprint density at radius 3 is 2.50 bits per heavy atom. The number of hydrogen-bond donors (Lipinski definition) is 1. The molecule has 3 fully saturated rings. The summed E-state index contributed by atoms with van der Waals surface area (Å²) in [6.07, 6.45) is 8.75. The highest BCUT2D eigenvalue weighted by Gasteiger charge is 2.34. The summed E-state index contributed by atoms with van der Waals surface area (Å²) in [6.45, 7) is 4.13. The van der Waals surface area contributed by atoms with Gasteiger partial charge in [-0.3, -0.25) is 0 Å². The third-order valence-electron chi connectivity index (χ3n) is 5.18. The molecule has 5 nitrogen and oxygen atoms in total. The summed E-state index contributed by atoms with van der Waals surface area (Å²) in [5, 5.41) is 9.64. The second-order valence-electron chi connectivity index (χ2n) is 6.74. The number of hydrogen-bond acceptors (Lipinski definition) is 5. The van der Waals surface area contributed by atoms with E-state index in [1.807, 2.05) is 6.20 Å². The van der Waals surface area contributed by atoms with Gasteiger partial charge in [0.2, 0.25) is 0 Å². The van der Waals surface area contributed by atoms with Crippen molar-refractivity contribution >= 4 is 11.5 Å². The van der Waals surface area contributed by atoms with Gasteiger partial charge in [-0.1, -0.05) is 0 Å². The molecule has 0 amide bonds. The maximum absolute atomic E-state index is 9.64. The molecule has 4 heterocycles. The molecule has 22 heavy (non-hydrogen) atoms. The molecule has 3 aliphatic rings. The Balaban J connectivity index is 1.60. The van der Waals surface area contributed by atoms with Crippen LogP contribution in [0.2, 0.25) is 0 Å². The van der Waals surface area contributed by atoms with Gasteiger partial charge in [0.1, 0.15) is 5.82 Å². The van der Waals surface area contributed by atoms with E-state index in [0.29, 0.717) is 12.2 Å². The van der Waals surface area contributed by atoms with Crippen molar-refractivity contribution < 1.29 is 9.84 Å². The van der Waals surface area contributed by atoms with Crippen LogP contribution in [-0.2, 0) is 11.3 Å². The van der Waals surface area contributed by atoms with E-state index in [2.05, 4.69) is 20.9 Å². The number of aromatic nitrogens is 1. The Morgan fingerprint density at radius 1 is 1.09 bits per heavy atom. The lowest BCUT2D eigenvalue weighted by molar-refractivity contribution is 0.0302. The molecule has 0 spiro atoms. The van der Waals surface area contributed by atoms with E-state index in [1.165, 1.54) is 37.8 Å². The van der Waals surface area contributed by atoms with E-state index in [0.717, 1.165) is 37.6 Å². The third-order valence-corrected chi connectivity index (χ3v) is 5.18. The number of pyridine rings is 1. The van der Waals surface area contributed by atoms with Crippen LogP contribution in [0.1, 0.15) is 37.7 Å². The molecule has 5 heteroatoms. The maximum atomic E-state index is 9.64. The lowest BCUT2D eigenvalue weighted by Gasteiger charge is -2.35. The fraction of sp³-hybridized carbons (Fsp3) is 0.706. The van der Waals surface area contributed by atoms with Gasteiger partial charge in [0, 0.05) is 49.7 Å². The van der Waals surface area contributed by atoms with Gasteiger partial charge in [-0.2, -0.15) is 0 Å². The Labute approximate surface area is 131 Å². The summed E-state index contributed by atoms with van der Waals surface area (Å²) in [7, 11) is 0. The molecule has 0 saturated carbocycles. The Bertz CT molecular complexity index is 519. The molecule has 3 saturated heterocycles. The number of ether oxygens (including phenoxy) is 1. The first-order chi connectivity index (χ1) is 10.8. The van der Waals surface area contributed by atoms with Crippen molar-refractivity contribution in [3.63, 3.8) is 0 Å². The minimum absolute atomic E-state index is 0.0630. The van der Waals surface area contributed by atoms with E-state index < -0.39 is 0 Å². The highest BCUT2D eigenvalue weighted by atomic mass is 16.5. The van der Waals surface area contributed by atoms with Gasteiger partial charge in [0.05, 0.1) is 18.8 Å². The summed E-state index contributed by atoms with van der Waals surface area (Å²) in [6, 6.07) is 2.18. The van der Waals surface area contributed by atoms with Crippen LogP contribution in [0, 0.1) is 0 Å². The SMILES string of the molecule is OCc1cnc(N2CC3CCC(C2)O3)cc1N1CCCCC1. The van der Waals surface area contributed by atoms with Crippen LogP contribution >= 0.6 is 0 Å². The van der Waals surface area contributed by atoms with Gasteiger partial charge in [-0.05, 0) is 32.1 Å². The number of rotatable bonds is 3. The second-order valence-corrected chi connectivity index (χ2v) is 6.74. The topological polar surface area (TPSA) is 48.8 Å². The van der Waals surface area contributed by atoms with Crippen LogP contribution in [0.25, 0.3) is 0 Å². The van der Waals surface area contributed by atoms with Gasteiger partial charge in [-0.25, -0.2) is 4.98 Å². The lowest BCUT2D eigenvalue weighted by atomic mass is 10.1. The van der Waals surface area contributed by atoms with Crippen molar-refractivity contribution in [2.45, 2.75) is 50.9 Å². The van der Waals surface area contributed by atoms with Crippen molar-refractivity contribution in [2.24, 2.45) is 0 Å². The zero-order valence-corrected chi connectivity index (χ0v) is 13.1. The molecule has 2 atom stereocenters. The number of aliphatic hydroxyl groups excluding tert-OH is 1. The van der Waals surface area contributed by atoms with Crippen molar-refractivity contribution in [3.05, 3.63) is 17.8 Å². The summed E-state index contributed by atoms with van der Waals surface area (Å²) in [5.74, 6) is 1.04. The van der Waals surface area contributed by atoms with Gasteiger partial charge < -0.3 is 19.6 Å². The molecule has 120 valence electrons. The van der Waals surface area contributed by atoms with Crippen molar-refractivity contribution in [1.82, 2.24) is 4.98 Å². The van der Waals surface area contributed by atoms with E-state index in [9.17, 15) is 5.11 Å². The Hall–Kier alpha value is -1.33. The Morgan fingerprint density at radius 2 is 1.82 bits per heavy atom. The summed E-state index contributed by atoms with van der Waals surface area (Å²) in [4.78, 5) is 9.38. The van der Waals surface area contributed by atoms with Gasteiger partial charge in [0.15, 0.2) is 0 Å². The quantitative estimate of drug-likeness (QED) is 0.924. The van der Waals surface area contributed by atoms with E-state index in [4.69, 9.17) is 4.74 Å². The van der Waals surface area contributed by atoms with Crippen LogP contribution in [0.3, 0.4) is 0 Å². The molecule has 4 rings (SSSR count). The van der Waals surface area contributed by atoms with Crippen LogP contribution in [-0.4, -0.2) is 48.5 Å². The minimum atomic E-state index is 0.0630. The largest absolute Gasteiger partial charge is 0.392 e. The van der Waals surface area contributed by atoms with E-state index in [-0.39, 0.29) is 6.61 Å². The van der Waals surface area contributed by atoms with Crippen LogP contribution in [0.4, 0.5) is 11.5 Å². The molecule has 3 aliphatic heterocycles. The average molecular weight is 303 g/mol. The van der Waals surface area contributed by atoms with Crippen molar-refractivity contribution in [1.29, 1.82) is 0 Å². The first kappa shape index (κ1) is 14.3. The standard InChI is InChI=1S/C17H25N3O2/c21-12-13-9-18-17(8-16(13)19-6-2-1-3-7-19)20-10-14-4-5-15(11-20)22-14/h8-9,14-15,21H,1-7,10-12H2. The van der Waals surface area contributed by atoms with Crippen LogP contribution in [0.15, 0.2) is 12.3 Å². The molecular weight excluding hydrogens is 278 g/mol. The number of aliphatic hydroxyl groups is 1. The van der Waals surface area contributed by atoms with E-state index in [1.54, 1.807) is 0 Å². The van der Waals surface area contributed by atoms with Gasteiger partial charge >= 0.3 is 0 Å². The number of fused-ring (bicyclic) bond motifs is 2. The Kier molecular flexibility index (Phi) is 3.92. The number of anilines is 2. The molecule has 1 aromatic heterocycles. The summed E-state index contributed by atoms with van der Waals surface area (Å²) in [5.41, 5.74) is 2.12. The monoisotopic (exact) mass is 303 g/mol. The maximum Gasteiger partial charge on any atom is 0.130 e. The first-order valence-corrected chi connectivity index (χ1v) is 8.58. The predicted octanol–water partition coefficient (Wildman–Crippen LogP) is 1.93. The second kappa shape index (κ2) is 6.05. The fourth-order valence-corrected chi connectivity index (χ4v) is 3.99. The van der Waals surface area contributed by atoms with E-state index >= 15 is 0 Å². The minimum Gasteiger partial charge on any atom is -0.392 e. The van der Waals surface area contributed by atoms with Crippen LogP contribution in [0.5, 0.6) is 0 Å². The van der Waals surface area contributed by atoms with Gasteiger partial charge in [-0.15, -0.1) is 0 Å². The molecule has 2 unspecified atom stereocenters. The summed E-state index contributed by atoms with van der Waals surface area (Å²) < 4.78 is 5.92.